The number of anilines is 5. The van der Waals surface area contributed by atoms with Crippen molar-refractivity contribution in [2.45, 2.75) is 323 Å². The van der Waals surface area contributed by atoms with Crippen LogP contribution in [0, 0.1) is 0 Å². The number of nitrogens with one attached hydrogen (secondary N) is 2. The molecule has 0 radical (unpaired) electrons. The van der Waals surface area contributed by atoms with Crippen molar-refractivity contribution in [1.29, 1.82) is 0 Å². The molecule has 0 aliphatic heterocycles. The van der Waals surface area contributed by atoms with Crippen molar-refractivity contribution in [2.24, 2.45) is 4.99 Å². The third-order valence-corrected chi connectivity index (χ3v) is 16.1. The molecule has 0 saturated carbocycles. The number of hydrogen-bond donors (Lipinski definition) is 2. The molecule has 2 N–H and O–H groups in total. The van der Waals surface area contributed by atoms with Gasteiger partial charge in [-0.25, -0.2) is 4.99 Å². The standard InChI is InChI=1S/C72H120N4O3/c1-4-7-10-13-16-19-22-25-28-31-34-37-40-43-46-49-71(77)74-66-53-59-69(60-54-66)76(68-57-51-65(52-58-68)73-64-79-63-48-45-42-39-36-33-30-27-24-21-18-15-12-9-6-3)70-61-55-67(56-62-70)75-72(78)50-47-44-41-38-35-32-29-26-23-20-17-14-11-8-5-2/h51-62,64H,4-50,63H2,1-3H3,(H,74,77)(H,75,78)/b73-64-. The fourth-order valence-electron chi connectivity index (χ4n) is 11.0. The van der Waals surface area contributed by atoms with Gasteiger partial charge in [-0.2, -0.15) is 0 Å². The summed E-state index contributed by atoms with van der Waals surface area (Å²) in [5.41, 5.74) is 5.35. The van der Waals surface area contributed by atoms with Crippen molar-refractivity contribution in [1.82, 2.24) is 0 Å². The van der Waals surface area contributed by atoms with Crippen LogP contribution in [-0.4, -0.2) is 24.8 Å². The van der Waals surface area contributed by atoms with Crippen LogP contribution in [0.4, 0.5) is 34.1 Å². The van der Waals surface area contributed by atoms with E-state index >= 15 is 0 Å². The van der Waals surface area contributed by atoms with Gasteiger partial charge in [0.15, 0.2) is 6.40 Å². The molecule has 2 amide bonds. The predicted molar refractivity (Wildman–Crippen MR) is 347 cm³/mol. The molecule has 7 heteroatoms. The summed E-state index contributed by atoms with van der Waals surface area (Å²) in [4.78, 5) is 32.8. The van der Waals surface area contributed by atoms with Gasteiger partial charge in [0, 0.05) is 41.3 Å². The minimum absolute atomic E-state index is 0.0754. The Hall–Kier alpha value is -4.13. The molecule has 3 rings (SSSR count). The van der Waals surface area contributed by atoms with E-state index in [1.807, 2.05) is 36.4 Å². The molecule has 0 atom stereocenters. The topological polar surface area (TPSA) is 83.0 Å². The van der Waals surface area contributed by atoms with Gasteiger partial charge in [-0.1, -0.05) is 290 Å². The van der Waals surface area contributed by atoms with Gasteiger partial charge in [0.25, 0.3) is 0 Å². The summed E-state index contributed by atoms with van der Waals surface area (Å²) in [6.45, 7) is 7.56. The lowest BCUT2D eigenvalue weighted by Gasteiger charge is -2.26. The Bertz CT molecular complexity index is 1770. The van der Waals surface area contributed by atoms with E-state index in [1.54, 1.807) is 6.40 Å². The molecule has 0 saturated heterocycles. The number of unbranched alkanes of at least 4 members (excludes halogenated alkanes) is 42. The average molecular weight is 1090 g/mol. The summed E-state index contributed by atoms with van der Waals surface area (Å²) < 4.78 is 5.82. The van der Waals surface area contributed by atoms with Gasteiger partial charge in [0.05, 0.1) is 12.3 Å². The zero-order chi connectivity index (χ0) is 56.2. The van der Waals surface area contributed by atoms with E-state index in [2.05, 4.69) is 77.7 Å². The van der Waals surface area contributed by atoms with Crippen molar-refractivity contribution >= 4 is 52.3 Å². The van der Waals surface area contributed by atoms with Crippen molar-refractivity contribution in [2.75, 3.05) is 22.1 Å². The van der Waals surface area contributed by atoms with Gasteiger partial charge in [0.1, 0.15) is 0 Å². The summed E-state index contributed by atoms with van der Waals surface area (Å²) in [6.07, 6.45) is 62.4. The maximum atomic E-state index is 13.0. The monoisotopic (exact) mass is 1090 g/mol. The van der Waals surface area contributed by atoms with Gasteiger partial charge in [-0.05, 0) is 92.1 Å². The quantitative estimate of drug-likeness (QED) is 0.0335. The zero-order valence-electron chi connectivity index (χ0n) is 51.6. The van der Waals surface area contributed by atoms with Gasteiger partial charge in [-0.3, -0.25) is 9.59 Å². The highest BCUT2D eigenvalue weighted by atomic mass is 16.5. The Morgan fingerprint density at radius 1 is 0.342 bits per heavy atom. The highest BCUT2D eigenvalue weighted by molar-refractivity contribution is 5.92. The maximum Gasteiger partial charge on any atom is 0.224 e. The minimum atomic E-state index is 0.0754. The molecule has 0 aliphatic carbocycles. The molecular weight excluding hydrogens is 969 g/mol. The van der Waals surface area contributed by atoms with E-state index in [-0.39, 0.29) is 11.8 Å². The summed E-state index contributed by atoms with van der Waals surface area (Å²) in [7, 11) is 0. The first kappa shape index (κ1) is 69.1. The fourth-order valence-corrected chi connectivity index (χ4v) is 11.0. The molecule has 446 valence electrons. The van der Waals surface area contributed by atoms with Gasteiger partial charge in [-0.15, -0.1) is 0 Å². The highest BCUT2D eigenvalue weighted by Crippen LogP contribution is 2.37. The Labute approximate surface area is 486 Å². The number of aliphatic imine (C=N–C) groups is 1. The first-order valence-electron chi connectivity index (χ1n) is 33.9. The van der Waals surface area contributed by atoms with Crippen molar-refractivity contribution < 1.29 is 14.3 Å². The third-order valence-electron chi connectivity index (χ3n) is 16.1. The lowest BCUT2D eigenvalue weighted by Crippen LogP contribution is -2.13. The van der Waals surface area contributed by atoms with Crippen LogP contribution < -0.4 is 15.5 Å². The normalized spacial score (nSPS) is 11.4. The average Bonchev–Trinajstić information content (AvgIpc) is 3.49. The minimum Gasteiger partial charge on any atom is -0.483 e. The van der Waals surface area contributed by atoms with E-state index in [0.717, 1.165) is 66.2 Å². The highest BCUT2D eigenvalue weighted by Gasteiger charge is 2.14. The number of rotatable bonds is 55. The van der Waals surface area contributed by atoms with Gasteiger partial charge < -0.3 is 20.3 Å². The van der Waals surface area contributed by atoms with Crippen LogP contribution in [0.25, 0.3) is 0 Å². The molecule has 3 aromatic rings. The summed E-state index contributed by atoms with van der Waals surface area (Å²) >= 11 is 0. The maximum absolute atomic E-state index is 13.0. The van der Waals surface area contributed by atoms with Gasteiger partial charge in [0.2, 0.25) is 11.8 Å². The SMILES string of the molecule is CCCCCCCCCCCCCCCCCO/C=N\c1ccc(N(c2ccc(NC(=O)CCCCCCCCCCCCCCCCC)cc2)c2ccc(NC(=O)CCCCCCCCCCCCCCCCC)cc2)cc1. The van der Waals surface area contributed by atoms with Crippen LogP contribution in [-0.2, 0) is 14.3 Å². The number of ether oxygens (including phenoxy) is 1. The number of hydrogen-bond acceptors (Lipinski definition) is 5. The van der Waals surface area contributed by atoms with E-state index in [9.17, 15) is 9.59 Å². The van der Waals surface area contributed by atoms with E-state index in [0.29, 0.717) is 19.4 Å². The van der Waals surface area contributed by atoms with E-state index in [4.69, 9.17) is 4.74 Å². The van der Waals surface area contributed by atoms with Crippen molar-refractivity contribution in [3.63, 3.8) is 0 Å². The molecular formula is C72H120N4O3. The second-order valence-corrected chi connectivity index (χ2v) is 23.5. The second kappa shape index (κ2) is 50.8. The third kappa shape index (κ3) is 38.3. The zero-order valence-corrected chi connectivity index (χ0v) is 51.6. The van der Waals surface area contributed by atoms with Gasteiger partial charge >= 0.3 is 0 Å². The first-order chi connectivity index (χ1) is 39.0. The first-order valence-corrected chi connectivity index (χ1v) is 33.9. The molecule has 0 aromatic heterocycles. The van der Waals surface area contributed by atoms with Crippen molar-refractivity contribution in [3.8, 4) is 0 Å². The van der Waals surface area contributed by atoms with Crippen LogP contribution >= 0.6 is 0 Å². The van der Waals surface area contributed by atoms with E-state index in [1.165, 1.54) is 257 Å². The van der Waals surface area contributed by atoms with Crippen LogP contribution in [0.5, 0.6) is 0 Å². The summed E-state index contributed by atoms with van der Waals surface area (Å²) in [6, 6.07) is 24.4. The van der Waals surface area contributed by atoms with Crippen LogP contribution in [0.2, 0.25) is 0 Å². The summed E-state index contributed by atoms with van der Waals surface area (Å²) in [5, 5.41) is 6.29. The lowest BCUT2D eigenvalue weighted by atomic mass is 10.0. The molecule has 0 aliphatic rings. The van der Waals surface area contributed by atoms with Crippen LogP contribution in [0.15, 0.2) is 77.8 Å². The second-order valence-electron chi connectivity index (χ2n) is 23.5. The number of carbonyl (C=O) groups excluding carboxylic acids is 2. The fraction of sp³-hybridized carbons (Fsp3) is 0.708. The lowest BCUT2D eigenvalue weighted by molar-refractivity contribution is -0.117. The Balaban J connectivity index is 1.43. The number of amides is 2. The number of carbonyl (C=O) groups is 2. The Morgan fingerprint density at radius 3 is 0.861 bits per heavy atom. The van der Waals surface area contributed by atoms with Crippen molar-refractivity contribution in [3.05, 3.63) is 72.8 Å². The summed E-state index contributed by atoms with van der Waals surface area (Å²) in [5.74, 6) is 0.151. The Kier molecular flexibility index (Phi) is 44.5. The molecule has 0 heterocycles. The molecule has 0 fully saturated rings. The molecule has 3 aromatic carbocycles. The Morgan fingerprint density at radius 2 is 0.582 bits per heavy atom. The van der Waals surface area contributed by atoms with Crippen LogP contribution in [0.3, 0.4) is 0 Å². The number of nitrogens with zero attached hydrogens (tertiary/aromatic N) is 2. The molecule has 0 unspecified atom stereocenters. The van der Waals surface area contributed by atoms with E-state index < -0.39 is 0 Å². The molecule has 0 bridgehead atoms. The largest absolute Gasteiger partial charge is 0.483 e. The number of benzene rings is 3. The smallest absolute Gasteiger partial charge is 0.224 e. The molecule has 79 heavy (non-hydrogen) atoms. The molecule has 0 spiro atoms. The predicted octanol–water partition coefficient (Wildman–Crippen LogP) is 24.1. The van der Waals surface area contributed by atoms with Crippen LogP contribution in [0.1, 0.15) is 323 Å². The molecule has 7 nitrogen and oxygen atoms in total.